The van der Waals surface area contributed by atoms with Crippen LogP contribution in [0.5, 0.6) is 0 Å². The summed E-state index contributed by atoms with van der Waals surface area (Å²) in [5.41, 5.74) is -0.370. The first-order chi connectivity index (χ1) is 10.1. The van der Waals surface area contributed by atoms with Crippen LogP contribution in [-0.2, 0) is 0 Å². The molecule has 3 aromatic rings. The Morgan fingerprint density at radius 2 is 2.00 bits per heavy atom. The Labute approximate surface area is 116 Å². The highest BCUT2D eigenvalue weighted by Gasteiger charge is 2.15. The maximum absolute atomic E-state index is 13.6. The van der Waals surface area contributed by atoms with Crippen LogP contribution in [0.25, 0.3) is 5.69 Å². The number of amides is 1. The van der Waals surface area contributed by atoms with E-state index in [4.69, 9.17) is 0 Å². The predicted octanol–water partition coefficient (Wildman–Crippen LogP) is 1.52. The smallest absolute Gasteiger partial charge is 0.278 e. The maximum atomic E-state index is 13.6. The number of carbonyl (C=O) groups is 1. The number of hydrogen-bond acceptors (Lipinski definition) is 4. The van der Waals surface area contributed by atoms with Crippen LogP contribution in [0.3, 0.4) is 0 Å². The Bertz CT molecular complexity index is 763. The third-order valence-electron chi connectivity index (χ3n) is 2.64. The topological polar surface area (TPSA) is 88.5 Å². The van der Waals surface area contributed by atoms with E-state index < -0.39 is 17.5 Å². The Balaban J connectivity index is 1.88. The second kappa shape index (κ2) is 5.12. The monoisotopic (exact) mass is 290 g/mol. The zero-order valence-electron chi connectivity index (χ0n) is 10.4. The zero-order chi connectivity index (χ0) is 14.8. The molecule has 0 aliphatic heterocycles. The Kier molecular flexibility index (Phi) is 3.14. The fourth-order valence-electron chi connectivity index (χ4n) is 1.71. The SMILES string of the molecule is O=C(Nc1ncn[nH]1)c1ccn(-c2c(F)cccc2F)n1. The van der Waals surface area contributed by atoms with Gasteiger partial charge in [0.05, 0.1) is 0 Å². The molecule has 9 heteroatoms. The maximum Gasteiger partial charge on any atom is 0.278 e. The van der Waals surface area contributed by atoms with Crippen LogP contribution in [-0.4, -0.2) is 30.9 Å². The lowest BCUT2D eigenvalue weighted by Crippen LogP contribution is -2.14. The predicted molar refractivity (Wildman–Crippen MR) is 67.8 cm³/mol. The van der Waals surface area contributed by atoms with Crippen molar-refractivity contribution in [3.05, 3.63) is 54.1 Å². The second-order valence-electron chi connectivity index (χ2n) is 4.00. The zero-order valence-corrected chi connectivity index (χ0v) is 10.4. The summed E-state index contributed by atoms with van der Waals surface area (Å²) in [5, 5.41) is 12.3. The number of aromatic amines is 1. The number of rotatable bonds is 3. The van der Waals surface area contributed by atoms with Gasteiger partial charge in [-0.3, -0.25) is 10.1 Å². The summed E-state index contributed by atoms with van der Waals surface area (Å²) >= 11 is 0. The van der Waals surface area contributed by atoms with Crippen molar-refractivity contribution >= 4 is 11.9 Å². The van der Waals surface area contributed by atoms with E-state index >= 15 is 0 Å². The number of hydrogen-bond donors (Lipinski definition) is 2. The molecule has 1 aromatic carbocycles. The van der Waals surface area contributed by atoms with E-state index in [0.29, 0.717) is 0 Å². The van der Waals surface area contributed by atoms with E-state index in [0.717, 1.165) is 16.8 Å². The molecule has 2 heterocycles. The molecule has 2 N–H and O–H groups in total. The van der Waals surface area contributed by atoms with Gasteiger partial charge in [-0.1, -0.05) is 6.07 Å². The van der Waals surface area contributed by atoms with Crippen LogP contribution in [0.15, 0.2) is 36.8 Å². The molecule has 0 atom stereocenters. The Morgan fingerprint density at radius 1 is 1.24 bits per heavy atom. The molecule has 0 unspecified atom stereocenters. The van der Waals surface area contributed by atoms with Gasteiger partial charge in [-0.25, -0.2) is 18.6 Å². The fourth-order valence-corrected chi connectivity index (χ4v) is 1.71. The number of para-hydroxylation sites is 1. The van der Waals surface area contributed by atoms with Gasteiger partial charge in [-0.05, 0) is 18.2 Å². The highest BCUT2D eigenvalue weighted by molar-refractivity contribution is 6.01. The van der Waals surface area contributed by atoms with Gasteiger partial charge in [0, 0.05) is 6.20 Å². The molecule has 0 bridgehead atoms. The molecule has 0 saturated carbocycles. The minimum absolute atomic E-state index is 0.0194. The number of nitrogens with zero attached hydrogens (tertiary/aromatic N) is 4. The van der Waals surface area contributed by atoms with E-state index in [1.807, 2.05) is 0 Å². The summed E-state index contributed by atoms with van der Waals surface area (Å²) in [5.74, 6) is -1.99. The summed E-state index contributed by atoms with van der Waals surface area (Å²) in [6.07, 6.45) is 2.51. The largest absolute Gasteiger partial charge is 0.289 e. The summed E-state index contributed by atoms with van der Waals surface area (Å²) in [6, 6.07) is 4.79. The summed E-state index contributed by atoms with van der Waals surface area (Å²) in [7, 11) is 0. The minimum Gasteiger partial charge on any atom is -0.289 e. The highest BCUT2D eigenvalue weighted by Crippen LogP contribution is 2.17. The van der Waals surface area contributed by atoms with Crippen molar-refractivity contribution in [2.45, 2.75) is 0 Å². The van der Waals surface area contributed by atoms with E-state index in [1.54, 1.807) is 0 Å². The molecule has 106 valence electrons. The van der Waals surface area contributed by atoms with Gasteiger partial charge in [-0.2, -0.15) is 15.2 Å². The quantitative estimate of drug-likeness (QED) is 0.765. The van der Waals surface area contributed by atoms with Gasteiger partial charge < -0.3 is 0 Å². The number of H-pyrrole nitrogens is 1. The molecule has 0 fully saturated rings. The molecule has 0 aliphatic carbocycles. The molecule has 2 aromatic heterocycles. The van der Waals surface area contributed by atoms with Gasteiger partial charge in [0.2, 0.25) is 5.95 Å². The first-order valence-corrected chi connectivity index (χ1v) is 5.82. The lowest BCUT2D eigenvalue weighted by Gasteiger charge is -2.04. The van der Waals surface area contributed by atoms with Gasteiger partial charge in [0.25, 0.3) is 5.91 Å². The van der Waals surface area contributed by atoms with Crippen LogP contribution >= 0.6 is 0 Å². The molecule has 0 spiro atoms. The molecule has 0 aliphatic rings. The van der Waals surface area contributed by atoms with E-state index in [1.165, 1.54) is 24.7 Å². The summed E-state index contributed by atoms with van der Waals surface area (Å²) < 4.78 is 28.2. The molecule has 0 saturated heterocycles. The normalized spacial score (nSPS) is 10.6. The van der Waals surface area contributed by atoms with Crippen molar-refractivity contribution in [3.63, 3.8) is 0 Å². The minimum atomic E-state index is -0.778. The van der Waals surface area contributed by atoms with Crippen molar-refractivity contribution in [1.82, 2.24) is 25.0 Å². The number of aromatic nitrogens is 5. The van der Waals surface area contributed by atoms with Crippen LogP contribution < -0.4 is 5.32 Å². The van der Waals surface area contributed by atoms with Crippen LogP contribution in [0.1, 0.15) is 10.5 Å². The van der Waals surface area contributed by atoms with Crippen LogP contribution in [0, 0.1) is 11.6 Å². The third-order valence-corrected chi connectivity index (χ3v) is 2.64. The first-order valence-electron chi connectivity index (χ1n) is 5.82. The van der Waals surface area contributed by atoms with Crippen LogP contribution in [0.4, 0.5) is 14.7 Å². The number of benzene rings is 1. The number of halogens is 2. The van der Waals surface area contributed by atoms with Crippen molar-refractivity contribution < 1.29 is 13.6 Å². The van der Waals surface area contributed by atoms with Crippen molar-refractivity contribution in [2.24, 2.45) is 0 Å². The van der Waals surface area contributed by atoms with Gasteiger partial charge in [0.15, 0.2) is 17.3 Å². The molecule has 21 heavy (non-hydrogen) atoms. The summed E-state index contributed by atoms with van der Waals surface area (Å²) in [4.78, 5) is 15.6. The van der Waals surface area contributed by atoms with Gasteiger partial charge in [0.1, 0.15) is 12.0 Å². The second-order valence-corrected chi connectivity index (χ2v) is 4.00. The molecular weight excluding hydrogens is 282 g/mol. The number of nitrogens with one attached hydrogen (secondary N) is 2. The average Bonchev–Trinajstić information content (AvgIpc) is 3.10. The van der Waals surface area contributed by atoms with Gasteiger partial charge >= 0.3 is 0 Å². The Morgan fingerprint density at radius 3 is 2.67 bits per heavy atom. The lowest BCUT2D eigenvalue weighted by atomic mass is 10.3. The highest BCUT2D eigenvalue weighted by atomic mass is 19.1. The molecule has 1 amide bonds. The van der Waals surface area contributed by atoms with E-state index in [-0.39, 0.29) is 17.3 Å². The van der Waals surface area contributed by atoms with Crippen molar-refractivity contribution in [3.8, 4) is 5.69 Å². The molecular formula is C12H8F2N6O. The van der Waals surface area contributed by atoms with Crippen LogP contribution in [0.2, 0.25) is 0 Å². The van der Waals surface area contributed by atoms with E-state index in [9.17, 15) is 13.6 Å². The average molecular weight is 290 g/mol. The fraction of sp³-hybridized carbons (Fsp3) is 0. The first kappa shape index (κ1) is 12.9. The Hall–Kier alpha value is -3.10. The molecule has 0 radical (unpaired) electrons. The number of anilines is 1. The summed E-state index contributed by atoms with van der Waals surface area (Å²) in [6.45, 7) is 0. The standard InChI is InChI=1S/C12H8F2N6O/c13-7-2-1-3-8(14)10(7)20-5-4-9(19-20)11(21)17-12-15-6-16-18-12/h1-6H,(H2,15,16,17,18,21). The molecule has 3 rings (SSSR count). The third kappa shape index (κ3) is 2.48. The van der Waals surface area contributed by atoms with Gasteiger partial charge in [-0.15, -0.1) is 0 Å². The number of carbonyl (C=O) groups excluding carboxylic acids is 1. The molecule has 7 nitrogen and oxygen atoms in total. The van der Waals surface area contributed by atoms with Crippen molar-refractivity contribution in [1.29, 1.82) is 0 Å². The lowest BCUT2D eigenvalue weighted by molar-refractivity contribution is 0.102. The van der Waals surface area contributed by atoms with Crippen molar-refractivity contribution in [2.75, 3.05) is 5.32 Å². The van der Waals surface area contributed by atoms with E-state index in [2.05, 4.69) is 25.6 Å².